The Hall–Kier alpha value is -0.460. The van der Waals surface area contributed by atoms with Gasteiger partial charge < -0.3 is 20.8 Å². The fourth-order valence-electron chi connectivity index (χ4n) is 3.61. The van der Waals surface area contributed by atoms with Crippen molar-refractivity contribution in [1.29, 1.82) is 0 Å². The van der Waals surface area contributed by atoms with E-state index in [9.17, 15) is 9.36 Å². The third-order valence-corrected chi connectivity index (χ3v) is 6.16. The molecule has 1 unspecified atom stereocenters. The van der Waals surface area contributed by atoms with Crippen LogP contribution in [-0.2, 0) is 13.9 Å². The zero-order valence-electron chi connectivity index (χ0n) is 19.4. The molecule has 1 atom stereocenters. The second kappa shape index (κ2) is 18.1. The number of rotatable bonds is 21. The summed E-state index contributed by atoms with van der Waals surface area (Å²) in [7, 11) is -4.73. The Balaban J connectivity index is 3.63. The summed E-state index contributed by atoms with van der Waals surface area (Å²) in [6.07, 6.45) is 19.4. The maximum atomic E-state index is 12.1. The number of phosphoric ester groups is 1. The molecular weight excluding hydrogens is 403 g/mol. The van der Waals surface area contributed by atoms with E-state index >= 15 is 0 Å². The van der Waals surface area contributed by atoms with Gasteiger partial charge in [-0.2, -0.15) is 0 Å². The Bertz CT molecular complexity index is 466. The molecule has 1 amide bonds. The molecule has 0 radical (unpaired) electrons. The van der Waals surface area contributed by atoms with Gasteiger partial charge in [-0.05, 0) is 12.8 Å². The lowest BCUT2D eigenvalue weighted by atomic mass is 10.0. The summed E-state index contributed by atoms with van der Waals surface area (Å²) in [5, 5.41) is 2.56. The van der Waals surface area contributed by atoms with E-state index in [1.54, 1.807) is 6.92 Å². The molecule has 0 aromatic rings. The number of hydrogen-bond acceptors (Lipinski definition) is 4. The van der Waals surface area contributed by atoms with Gasteiger partial charge in [0, 0.05) is 13.0 Å². The van der Waals surface area contributed by atoms with Gasteiger partial charge in [-0.15, -0.1) is 0 Å². The number of amides is 1. The second-order valence-corrected chi connectivity index (χ2v) is 9.55. The number of phosphoric acid groups is 1. The second-order valence-electron chi connectivity index (χ2n) is 8.38. The van der Waals surface area contributed by atoms with E-state index in [-0.39, 0.29) is 18.9 Å². The van der Waals surface area contributed by atoms with Gasteiger partial charge in [0.2, 0.25) is 5.91 Å². The third-order valence-electron chi connectivity index (χ3n) is 5.57. The molecule has 180 valence electrons. The first-order valence-electron chi connectivity index (χ1n) is 12.1. The van der Waals surface area contributed by atoms with Crippen molar-refractivity contribution in [2.45, 2.75) is 129 Å². The number of hydrogen-bond donors (Lipinski definition) is 4. The molecule has 0 rings (SSSR count). The Morgan fingerprint density at radius 1 is 0.833 bits per heavy atom. The fraction of sp³-hybridized carbons (Fsp3) is 0.955. The molecule has 0 aliphatic carbocycles. The average molecular weight is 451 g/mol. The lowest BCUT2D eigenvalue weighted by molar-refractivity contribution is -0.127. The normalized spacial score (nSPS) is 13.9. The van der Waals surface area contributed by atoms with Crippen LogP contribution in [0, 0.1) is 0 Å². The molecule has 0 bridgehead atoms. The number of nitrogens with one attached hydrogen (secondary N) is 1. The number of nitrogens with two attached hydrogens (primary N) is 1. The molecular formula is C22H47N2O5P. The molecule has 0 aliphatic rings. The van der Waals surface area contributed by atoms with Gasteiger partial charge >= 0.3 is 7.82 Å². The van der Waals surface area contributed by atoms with Crippen molar-refractivity contribution in [3.05, 3.63) is 0 Å². The lowest BCUT2D eigenvalue weighted by Gasteiger charge is -2.32. The van der Waals surface area contributed by atoms with E-state index in [1.165, 1.54) is 77.0 Å². The standard InChI is InChI=1S/C22H47N2O5P/c1-3-5-6-7-8-9-10-11-12-13-14-15-16-17-18-19-21(25)24-22(4-2,20-23)29-30(26,27)28/h3-20,23H2,1-2H3,(H,24,25)(H2,26,27,28). The van der Waals surface area contributed by atoms with Crippen LogP contribution < -0.4 is 11.1 Å². The van der Waals surface area contributed by atoms with Gasteiger partial charge in [0.05, 0.1) is 0 Å². The van der Waals surface area contributed by atoms with E-state index in [1.807, 2.05) is 0 Å². The minimum Gasteiger partial charge on any atom is -0.327 e. The summed E-state index contributed by atoms with van der Waals surface area (Å²) in [4.78, 5) is 30.2. The highest BCUT2D eigenvalue weighted by molar-refractivity contribution is 7.46. The molecule has 0 heterocycles. The van der Waals surface area contributed by atoms with Crippen LogP contribution in [-0.4, -0.2) is 28.0 Å². The third kappa shape index (κ3) is 17.2. The van der Waals surface area contributed by atoms with Crippen LogP contribution in [0.15, 0.2) is 0 Å². The number of unbranched alkanes of at least 4 members (excludes halogenated alkanes) is 14. The predicted molar refractivity (Wildman–Crippen MR) is 123 cm³/mol. The zero-order valence-corrected chi connectivity index (χ0v) is 20.3. The summed E-state index contributed by atoms with van der Waals surface area (Å²) < 4.78 is 15.9. The van der Waals surface area contributed by atoms with Crippen LogP contribution >= 0.6 is 7.82 Å². The predicted octanol–water partition coefficient (Wildman–Crippen LogP) is 5.54. The first-order valence-corrected chi connectivity index (χ1v) is 13.6. The first kappa shape index (κ1) is 29.5. The summed E-state index contributed by atoms with van der Waals surface area (Å²) in [5.41, 5.74) is 4.07. The van der Waals surface area contributed by atoms with Crippen LogP contribution in [0.1, 0.15) is 123 Å². The van der Waals surface area contributed by atoms with Crippen molar-refractivity contribution in [3.8, 4) is 0 Å². The van der Waals surface area contributed by atoms with E-state index in [0.717, 1.165) is 19.3 Å². The van der Waals surface area contributed by atoms with E-state index in [2.05, 4.69) is 12.2 Å². The number of carbonyl (C=O) groups is 1. The van der Waals surface area contributed by atoms with Gasteiger partial charge in [-0.1, -0.05) is 104 Å². The van der Waals surface area contributed by atoms with Gasteiger partial charge in [0.1, 0.15) is 0 Å². The Morgan fingerprint density at radius 2 is 1.23 bits per heavy atom. The highest BCUT2D eigenvalue weighted by Crippen LogP contribution is 2.41. The largest absolute Gasteiger partial charge is 0.471 e. The minimum atomic E-state index is -4.73. The molecule has 0 aliphatic heterocycles. The molecule has 0 spiro atoms. The molecule has 0 aromatic carbocycles. The average Bonchev–Trinajstić information content (AvgIpc) is 2.69. The highest BCUT2D eigenvalue weighted by Gasteiger charge is 2.36. The van der Waals surface area contributed by atoms with Crippen LogP contribution in [0.2, 0.25) is 0 Å². The van der Waals surface area contributed by atoms with Crippen molar-refractivity contribution >= 4 is 13.7 Å². The SMILES string of the molecule is CCCCCCCCCCCCCCCCCC(=O)NC(CC)(CN)OP(=O)(O)O. The van der Waals surface area contributed by atoms with E-state index in [4.69, 9.17) is 20.0 Å². The Morgan fingerprint density at radius 3 is 1.57 bits per heavy atom. The summed E-state index contributed by atoms with van der Waals surface area (Å²) in [5.74, 6) is -0.287. The molecule has 8 heteroatoms. The van der Waals surface area contributed by atoms with Crippen molar-refractivity contribution in [2.24, 2.45) is 5.73 Å². The highest BCUT2D eigenvalue weighted by atomic mass is 31.2. The van der Waals surface area contributed by atoms with Gasteiger partial charge in [0.25, 0.3) is 0 Å². The summed E-state index contributed by atoms with van der Waals surface area (Å²) in [6, 6.07) is 0. The molecule has 0 aromatic heterocycles. The maximum Gasteiger partial charge on any atom is 0.471 e. The monoisotopic (exact) mass is 450 g/mol. The lowest BCUT2D eigenvalue weighted by Crippen LogP contribution is -2.54. The molecule has 0 saturated carbocycles. The molecule has 0 saturated heterocycles. The van der Waals surface area contributed by atoms with Crippen LogP contribution in [0.4, 0.5) is 0 Å². The minimum absolute atomic E-state index is 0.180. The first-order chi connectivity index (χ1) is 14.3. The fourth-order valence-corrected chi connectivity index (χ4v) is 4.31. The Kier molecular flexibility index (Phi) is 17.9. The maximum absolute atomic E-state index is 12.1. The number of carbonyl (C=O) groups excluding carboxylic acids is 1. The van der Waals surface area contributed by atoms with Crippen LogP contribution in [0.3, 0.4) is 0 Å². The smallest absolute Gasteiger partial charge is 0.327 e. The van der Waals surface area contributed by atoms with Gasteiger partial charge in [-0.3, -0.25) is 9.32 Å². The van der Waals surface area contributed by atoms with Gasteiger partial charge in [0.15, 0.2) is 5.72 Å². The van der Waals surface area contributed by atoms with Crippen LogP contribution in [0.5, 0.6) is 0 Å². The van der Waals surface area contributed by atoms with Crippen molar-refractivity contribution in [3.63, 3.8) is 0 Å². The molecule has 0 fully saturated rings. The van der Waals surface area contributed by atoms with Crippen LogP contribution in [0.25, 0.3) is 0 Å². The molecule has 7 nitrogen and oxygen atoms in total. The summed E-state index contributed by atoms with van der Waals surface area (Å²) >= 11 is 0. The molecule has 5 N–H and O–H groups in total. The van der Waals surface area contributed by atoms with Crippen molar-refractivity contribution < 1.29 is 23.7 Å². The summed E-state index contributed by atoms with van der Waals surface area (Å²) in [6.45, 7) is 3.72. The van der Waals surface area contributed by atoms with E-state index in [0.29, 0.717) is 6.42 Å². The topological polar surface area (TPSA) is 122 Å². The van der Waals surface area contributed by atoms with E-state index < -0.39 is 13.5 Å². The zero-order chi connectivity index (χ0) is 22.7. The Labute approximate surface area is 184 Å². The van der Waals surface area contributed by atoms with Crippen molar-refractivity contribution in [1.82, 2.24) is 5.32 Å². The van der Waals surface area contributed by atoms with Crippen molar-refractivity contribution in [2.75, 3.05) is 6.54 Å². The molecule has 30 heavy (non-hydrogen) atoms. The quantitative estimate of drug-likeness (QED) is 0.103. The van der Waals surface area contributed by atoms with Gasteiger partial charge in [-0.25, -0.2) is 4.57 Å².